The molecular weight excluding hydrogens is 386 g/mol. The first-order chi connectivity index (χ1) is 14.4. The Morgan fingerprint density at radius 1 is 1.00 bits per heavy atom. The van der Waals surface area contributed by atoms with Crippen molar-refractivity contribution in [2.45, 2.75) is 85.9 Å². The third kappa shape index (κ3) is 5.12. The zero-order valence-electron chi connectivity index (χ0n) is 20.4. The Labute approximate surface area is 187 Å². The van der Waals surface area contributed by atoms with E-state index in [1.54, 1.807) is 0 Å². The average molecular weight is 426 g/mol. The number of carbonyl (C=O) groups excluding carboxylic acids is 1. The first-order valence-electron chi connectivity index (χ1n) is 11.2. The summed E-state index contributed by atoms with van der Waals surface area (Å²) in [6.07, 6.45) is 0.981. The fourth-order valence-corrected chi connectivity index (χ4v) is 4.52. The predicted octanol–water partition coefficient (Wildman–Crippen LogP) is 5.68. The number of hydrogen-bond acceptors (Lipinski definition) is 3. The highest BCUT2D eigenvalue weighted by Crippen LogP contribution is 2.41. The standard InChI is InChI=1S/C27H39NO3/c1-9-27(10-2,20-11-13-22(25(28)30)17(3)15-20)21-12-14-23(18(4)16-21)31-19(5)24(29)26(6,7)8/h11-16,19,24,29H,9-10H2,1-8H3,(H2,28,30). The van der Waals surface area contributed by atoms with E-state index in [9.17, 15) is 9.90 Å². The molecular formula is C27H39NO3. The van der Waals surface area contributed by atoms with E-state index in [0.29, 0.717) is 5.56 Å². The van der Waals surface area contributed by atoms with Crippen molar-refractivity contribution in [2.75, 3.05) is 0 Å². The van der Waals surface area contributed by atoms with Crippen molar-refractivity contribution in [1.29, 1.82) is 0 Å². The minimum Gasteiger partial charge on any atom is -0.488 e. The van der Waals surface area contributed by atoms with Gasteiger partial charge in [0.2, 0.25) is 5.91 Å². The molecule has 0 aliphatic carbocycles. The number of nitrogens with two attached hydrogens (primary N) is 1. The molecule has 0 aliphatic rings. The highest BCUT2D eigenvalue weighted by atomic mass is 16.5. The summed E-state index contributed by atoms with van der Waals surface area (Å²) < 4.78 is 6.13. The van der Waals surface area contributed by atoms with Gasteiger partial charge >= 0.3 is 0 Å². The van der Waals surface area contributed by atoms with Crippen molar-refractivity contribution in [3.05, 3.63) is 64.2 Å². The van der Waals surface area contributed by atoms with Gasteiger partial charge in [0, 0.05) is 11.0 Å². The third-order valence-electron chi connectivity index (χ3n) is 6.62. The Balaban J connectivity index is 2.44. The van der Waals surface area contributed by atoms with Gasteiger partial charge in [-0.05, 0) is 73.4 Å². The van der Waals surface area contributed by atoms with Gasteiger partial charge in [-0.2, -0.15) is 0 Å². The molecule has 2 aromatic carbocycles. The van der Waals surface area contributed by atoms with Crippen molar-refractivity contribution < 1.29 is 14.6 Å². The molecule has 1 amide bonds. The summed E-state index contributed by atoms with van der Waals surface area (Å²) in [4.78, 5) is 11.7. The lowest BCUT2D eigenvalue weighted by Crippen LogP contribution is -2.39. The molecule has 2 aromatic rings. The van der Waals surface area contributed by atoms with Crippen molar-refractivity contribution in [3.8, 4) is 5.75 Å². The van der Waals surface area contributed by atoms with Crippen LogP contribution >= 0.6 is 0 Å². The summed E-state index contributed by atoms with van der Waals surface area (Å²) in [5.41, 5.74) is 10.0. The van der Waals surface area contributed by atoms with Gasteiger partial charge < -0.3 is 15.6 Å². The number of primary amides is 1. The summed E-state index contributed by atoms with van der Waals surface area (Å²) >= 11 is 0. The van der Waals surface area contributed by atoms with Crippen molar-refractivity contribution >= 4 is 5.91 Å². The average Bonchev–Trinajstić information content (AvgIpc) is 2.69. The zero-order valence-corrected chi connectivity index (χ0v) is 20.4. The first kappa shape index (κ1) is 24.9. The van der Waals surface area contributed by atoms with Gasteiger partial charge in [-0.3, -0.25) is 4.79 Å². The number of aryl methyl sites for hydroxylation is 2. The van der Waals surface area contributed by atoms with Crippen LogP contribution in [0.1, 0.15) is 87.0 Å². The smallest absolute Gasteiger partial charge is 0.248 e. The maximum absolute atomic E-state index is 11.7. The second-order valence-corrected chi connectivity index (χ2v) is 9.80. The number of benzene rings is 2. The molecule has 2 unspecified atom stereocenters. The molecule has 31 heavy (non-hydrogen) atoms. The lowest BCUT2D eigenvalue weighted by atomic mass is 9.70. The fourth-order valence-electron chi connectivity index (χ4n) is 4.52. The Kier molecular flexibility index (Phi) is 7.59. The van der Waals surface area contributed by atoms with E-state index in [1.165, 1.54) is 11.1 Å². The molecule has 0 saturated heterocycles. The van der Waals surface area contributed by atoms with Gasteiger partial charge in [-0.1, -0.05) is 58.9 Å². The molecule has 0 fully saturated rings. The molecule has 0 saturated carbocycles. The van der Waals surface area contributed by atoms with Crippen molar-refractivity contribution in [1.82, 2.24) is 0 Å². The molecule has 0 aromatic heterocycles. The number of amides is 1. The maximum atomic E-state index is 11.7. The van der Waals surface area contributed by atoms with Crippen molar-refractivity contribution in [2.24, 2.45) is 11.1 Å². The zero-order chi connectivity index (χ0) is 23.6. The second-order valence-electron chi connectivity index (χ2n) is 9.80. The summed E-state index contributed by atoms with van der Waals surface area (Å²) in [6, 6.07) is 12.3. The molecule has 0 spiro atoms. The molecule has 4 nitrogen and oxygen atoms in total. The third-order valence-corrected chi connectivity index (χ3v) is 6.62. The quantitative estimate of drug-likeness (QED) is 0.571. The normalized spacial score (nSPS) is 14.2. The van der Waals surface area contributed by atoms with Crippen molar-refractivity contribution in [3.63, 3.8) is 0 Å². The molecule has 3 N–H and O–H groups in total. The summed E-state index contributed by atoms with van der Waals surface area (Å²) in [5.74, 6) is 0.396. The maximum Gasteiger partial charge on any atom is 0.248 e. The SMILES string of the molecule is CCC(CC)(c1ccc(OC(C)C(O)C(C)(C)C)c(C)c1)c1ccc(C(N)=O)c(C)c1. The van der Waals surface area contributed by atoms with Gasteiger partial charge in [0.15, 0.2) is 0 Å². The van der Waals surface area contributed by atoms with Crippen LogP contribution in [-0.4, -0.2) is 23.2 Å². The van der Waals surface area contributed by atoms with Crippen LogP contribution in [-0.2, 0) is 5.41 Å². The van der Waals surface area contributed by atoms with E-state index in [0.717, 1.165) is 29.7 Å². The Hall–Kier alpha value is -2.33. The van der Waals surface area contributed by atoms with Crippen LogP contribution in [0.4, 0.5) is 0 Å². The molecule has 0 bridgehead atoms. The summed E-state index contributed by atoms with van der Waals surface area (Å²) in [5, 5.41) is 10.5. The van der Waals surface area contributed by atoms with E-state index in [-0.39, 0.29) is 16.9 Å². The van der Waals surface area contributed by atoms with Crippen LogP contribution < -0.4 is 10.5 Å². The minimum absolute atomic E-state index is 0.166. The van der Waals surface area contributed by atoms with Gasteiger partial charge in [-0.15, -0.1) is 0 Å². The molecule has 4 heteroatoms. The van der Waals surface area contributed by atoms with Crippen LogP contribution in [0.15, 0.2) is 36.4 Å². The number of carbonyl (C=O) groups is 1. The molecule has 0 heterocycles. The van der Waals surface area contributed by atoms with E-state index in [4.69, 9.17) is 10.5 Å². The highest BCUT2D eigenvalue weighted by molar-refractivity contribution is 5.94. The lowest BCUT2D eigenvalue weighted by Gasteiger charge is -2.35. The molecule has 2 rings (SSSR count). The number of ether oxygens (including phenoxy) is 1. The van der Waals surface area contributed by atoms with E-state index in [2.05, 4.69) is 32.0 Å². The lowest BCUT2D eigenvalue weighted by molar-refractivity contribution is -0.0234. The number of aliphatic hydroxyl groups is 1. The number of aliphatic hydroxyl groups excluding tert-OH is 1. The predicted molar refractivity (Wildman–Crippen MR) is 128 cm³/mol. The molecule has 0 aliphatic heterocycles. The summed E-state index contributed by atoms with van der Waals surface area (Å²) in [6.45, 7) is 16.3. The molecule has 170 valence electrons. The minimum atomic E-state index is -0.566. The second kappa shape index (κ2) is 9.44. The topological polar surface area (TPSA) is 72.6 Å². The largest absolute Gasteiger partial charge is 0.488 e. The highest BCUT2D eigenvalue weighted by Gasteiger charge is 2.32. The van der Waals surface area contributed by atoms with Gasteiger partial charge in [0.1, 0.15) is 11.9 Å². The van der Waals surface area contributed by atoms with Crippen LogP contribution in [0.5, 0.6) is 5.75 Å². The van der Waals surface area contributed by atoms with Gasteiger partial charge in [0.25, 0.3) is 0 Å². The van der Waals surface area contributed by atoms with E-state index >= 15 is 0 Å². The van der Waals surface area contributed by atoms with Gasteiger partial charge in [0.05, 0.1) is 6.10 Å². The Morgan fingerprint density at radius 2 is 1.52 bits per heavy atom. The van der Waals surface area contributed by atoms with E-state index in [1.807, 2.05) is 59.7 Å². The van der Waals surface area contributed by atoms with Crippen LogP contribution in [0.25, 0.3) is 0 Å². The monoisotopic (exact) mass is 425 g/mol. The molecule has 2 atom stereocenters. The number of hydrogen-bond donors (Lipinski definition) is 2. The van der Waals surface area contributed by atoms with Crippen LogP contribution in [0, 0.1) is 19.3 Å². The van der Waals surface area contributed by atoms with Crippen LogP contribution in [0.2, 0.25) is 0 Å². The Morgan fingerprint density at radius 3 is 1.94 bits per heavy atom. The fraction of sp³-hybridized carbons (Fsp3) is 0.519. The Bertz CT molecular complexity index is 923. The van der Waals surface area contributed by atoms with E-state index < -0.39 is 12.0 Å². The number of rotatable bonds is 8. The van der Waals surface area contributed by atoms with Gasteiger partial charge in [-0.25, -0.2) is 0 Å². The van der Waals surface area contributed by atoms with Crippen LogP contribution in [0.3, 0.4) is 0 Å². The first-order valence-corrected chi connectivity index (χ1v) is 11.2. The molecule has 0 radical (unpaired) electrons. The summed E-state index contributed by atoms with van der Waals surface area (Å²) in [7, 11) is 0.